The van der Waals surface area contributed by atoms with Gasteiger partial charge in [0.05, 0.1) is 17.9 Å². The van der Waals surface area contributed by atoms with Crippen molar-refractivity contribution in [1.29, 1.82) is 0 Å². The monoisotopic (exact) mass is 345 g/mol. The molecule has 0 atom stereocenters. The van der Waals surface area contributed by atoms with Crippen LogP contribution in [0.3, 0.4) is 0 Å². The highest BCUT2D eigenvalue weighted by atomic mass is 15.1. The van der Waals surface area contributed by atoms with Crippen molar-refractivity contribution in [2.75, 3.05) is 18.4 Å². The van der Waals surface area contributed by atoms with Gasteiger partial charge in [-0.25, -0.2) is 9.97 Å². The van der Waals surface area contributed by atoms with Gasteiger partial charge >= 0.3 is 0 Å². The van der Waals surface area contributed by atoms with E-state index in [-0.39, 0.29) is 0 Å². The minimum absolute atomic E-state index is 0.664. The van der Waals surface area contributed by atoms with Crippen LogP contribution in [0.1, 0.15) is 22.5 Å². The van der Waals surface area contributed by atoms with Gasteiger partial charge in [-0.15, -0.1) is 0 Å². The first-order chi connectivity index (χ1) is 12.8. The summed E-state index contributed by atoms with van der Waals surface area (Å²) in [4.78, 5) is 14.2. The molecule has 4 rings (SSSR count). The van der Waals surface area contributed by atoms with E-state index in [9.17, 15) is 0 Å². The fraction of sp³-hybridized carbons (Fsp3) is 0.286. The molecule has 0 amide bonds. The third-order valence-corrected chi connectivity index (χ3v) is 4.76. The molecular formula is C21H23N5. The van der Waals surface area contributed by atoms with Gasteiger partial charge < -0.3 is 10.6 Å². The van der Waals surface area contributed by atoms with Gasteiger partial charge in [0.2, 0.25) is 0 Å². The van der Waals surface area contributed by atoms with Crippen LogP contribution in [0, 0.1) is 6.92 Å². The van der Waals surface area contributed by atoms with Gasteiger partial charge in [-0.2, -0.15) is 0 Å². The minimum Gasteiger partial charge on any atom is -0.364 e. The summed E-state index contributed by atoms with van der Waals surface area (Å²) in [6.45, 7) is 4.66. The van der Waals surface area contributed by atoms with Crippen LogP contribution >= 0.6 is 0 Å². The maximum absolute atomic E-state index is 4.87. The summed E-state index contributed by atoms with van der Waals surface area (Å²) < 4.78 is 0. The first-order valence-electron chi connectivity index (χ1n) is 9.11. The standard InChI is InChI=1S/C21H23N5/c1-15-6-5-11-23-19(15)14-24-21-17-9-12-22-13-10-18(17)25-20(26-21)16-7-3-2-4-8-16/h2-8,11,22H,9-10,12-14H2,1H3,(H,24,25,26). The Morgan fingerprint density at radius 1 is 1.00 bits per heavy atom. The van der Waals surface area contributed by atoms with Gasteiger partial charge in [0, 0.05) is 30.3 Å². The maximum Gasteiger partial charge on any atom is 0.161 e. The molecule has 0 unspecified atom stereocenters. The second-order valence-corrected chi connectivity index (χ2v) is 6.56. The van der Waals surface area contributed by atoms with Gasteiger partial charge in [-0.3, -0.25) is 4.98 Å². The number of aryl methyl sites for hydroxylation is 1. The predicted octanol–water partition coefficient (Wildman–Crippen LogP) is 3.15. The van der Waals surface area contributed by atoms with E-state index in [1.54, 1.807) is 0 Å². The molecule has 26 heavy (non-hydrogen) atoms. The van der Waals surface area contributed by atoms with Crippen molar-refractivity contribution in [2.45, 2.75) is 26.3 Å². The highest BCUT2D eigenvalue weighted by molar-refractivity contribution is 5.60. The largest absolute Gasteiger partial charge is 0.364 e. The quantitative estimate of drug-likeness (QED) is 0.761. The Balaban J connectivity index is 1.70. The molecule has 0 fully saturated rings. The molecular weight excluding hydrogens is 322 g/mol. The summed E-state index contributed by atoms with van der Waals surface area (Å²) in [7, 11) is 0. The number of pyridine rings is 1. The van der Waals surface area contributed by atoms with E-state index in [0.29, 0.717) is 6.54 Å². The molecule has 0 saturated carbocycles. The number of aromatic nitrogens is 3. The van der Waals surface area contributed by atoms with Crippen molar-refractivity contribution in [3.63, 3.8) is 0 Å². The lowest BCUT2D eigenvalue weighted by molar-refractivity contribution is 0.708. The Kier molecular flexibility index (Phi) is 4.88. The van der Waals surface area contributed by atoms with E-state index in [1.165, 1.54) is 11.1 Å². The van der Waals surface area contributed by atoms with E-state index in [1.807, 2.05) is 30.5 Å². The molecule has 1 aliphatic rings. The Hall–Kier alpha value is -2.79. The minimum atomic E-state index is 0.664. The first kappa shape index (κ1) is 16.7. The summed E-state index contributed by atoms with van der Waals surface area (Å²) >= 11 is 0. The van der Waals surface area contributed by atoms with Crippen molar-refractivity contribution in [2.24, 2.45) is 0 Å². The van der Waals surface area contributed by atoms with Crippen molar-refractivity contribution < 1.29 is 0 Å². The lowest BCUT2D eigenvalue weighted by atomic mass is 10.1. The Bertz CT molecular complexity index is 892. The van der Waals surface area contributed by atoms with Gasteiger partial charge in [0.15, 0.2) is 5.82 Å². The molecule has 3 heterocycles. The predicted molar refractivity (Wildman–Crippen MR) is 104 cm³/mol. The maximum atomic E-state index is 4.87. The fourth-order valence-corrected chi connectivity index (χ4v) is 3.28. The molecule has 2 N–H and O–H groups in total. The van der Waals surface area contributed by atoms with Crippen LogP contribution < -0.4 is 10.6 Å². The van der Waals surface area contributed by atoms with E-state index >= 15 is 0 Å². The van der Waals surface area contributed by atoms with Crippen LogP contribution in [0.2, 0.25) is 0 Å². The van der Waals surface area contributed by atoms with Crippen LogP contribution in [-0.4, -0.2) is 28.0 Å². The van der Waals surface area contributed by atoms with Crippen LogP contribution in [0.4, 0.5) is 5.82 Å². The van der Waals surface area contributed by atoms with Crippen molar-refractivity contribution >= 4 is 5.82 Å². The van der Waals surface area contributed by atoms with Crippen molar-refractivity contribution in [3.8, 4) is 11.4 Å². The molecule has 1 aromatic carbocycles. The number of hydrogen-bond donors (Lipinski definition) is 2. The van der Waals surface area contributed by atoms with E-state index in [0.717, 1.165) is 54.5 Å². The van der Waals surface area contributed by atoms with Crippen LogP contribution in [0.15, 0.2) is 48.7 Å². The Labute approximate surface area is 153 Å². The number of anilines is 1. The molecule has 1 aliphatic heterocycles. The van der Waals surface area contributed by atoms with Gasteiger partial charge in [0.25, 0.3) is 0 Å². The second-order valence-electron chi connectivity index (χ2n) is 6.56. The van der Waals surface area contributed by atoms with Gasteiger partial charge in [0.1, 0.15) is 5.82 Å². The summed E-state index contributed by atoms with van der Waals surface area (Å²) in [5.41, 5.74) is 5.65. The van der Waals surface area contributed by atoms with Crippen LogP contribution in [0.5, 0.6) is 0 Å². The van der Waals surface area contributed by atoms with Crippen LogP contribution in [0.25, 0.3) is 11.4 Å². The molecule has 5 heteroatoms. The van der Waals surface area contributed by atoms with E-state index in [4.69, 9.17) is 9.97 Å². The zero-order valence-corrected chi connectivity index (χ0v) is 15.0. The summed E-state index contributed by atoms with van der Waals surface area (Å²) in [6, 6.07) is 14.2. The Morgan fingerprint density at radius 2 is 1.85 bits per heavy atom. The highest BCUT2D eigenvalue weighted by Crippen LogP contribution is 2.25. The number of rotatable bonds is 4. The molecule has 0 aliphatic carbocycles. The lowest BCUT2D eigenvalue weighted by Gasteiger charge is -2.15. The third-order valence-electron chi connectivity index (χ3n) is 4.76. The lowest BCUT2D eigenvalue weighted by Crippen LogP contribution is -2.16. The number of hydrogen-bond acceptors (Lipinski definition) is 5. The first-order valence-corrected chi connectivity index (χ1v) is 9.11. The van der Waals surface area contributed by atoms with Crippen molar-refractivity contribution in [1.82, 2.24) is 20.3 Å². The number of nitrogens with one attached hydrogen (secondary N) is 2. The summed E-state index contributed by atoms with van der Waals surface area (Å²) in [6.07, 6.45) is 3.70. The smallest absolute Gasteiger partial charge is 0.161 e. The highest BCUT2D eigenvalue weighted by Gasteiger charge is 2.17. The molecule has 5 nitrogen and oxygen atoms in total. The molecule has 132 valence electrons. The topological polar surface area (TPSA) is 62.7 Å². The third kappa shape index (κ3) is 3.58. The number of fused-ring (bicyclic) bond motifs is 1. The Morgan fingerprint density at radius 3 is 2.69 bits per heavy atom. The summed E-state index contributed by atoms with van der Waals surface area (Å²) in [5.74, 6) is 1.72. The summed E-state index contributed by atoms with van der Waals surface area (Å²) in [5, 5.41) is 6.98. The molecule has 0 spiro atoms. The zero-order chi connectivity index (χ0) is 17.8. The van der Waals surface area contributed by atoms with E-state index < -0.39 is 0 Å². The molecule has 0 radical (unpaired) electrons. The fourth-order valence-electron chi connectivity index (χ4n) is 3.28. The SMILES string of the molecule is Cc1cccnc1CNc1nc(-c2ccccc2)nc2c1CCNCC2. The normalized spacial score (nSPS) is 13.7. The molecule has 0 saturated heterocycles. The van der Waals surface area contributed by atoms with Gasteiger partial charge in [-0.1, -0.05) is 36.4 Å². The van der Waals surface area contributed by atoms with E-state index in [2.05, 4.69) is 40.7 Å². The molecule has 3 aromatic rings. The number of benzene rings is 1. The molecule has 2 aromatic heterocycles. The average molecular weight is 345 g/mol. The average Bonchev–Trinajstić information content (AvgIpc) is 2.93. The van der Waals surface area contributed by atoms with Crippen LogP contribution in [-0.2, 0) is 19.4 Å². The van der Waals surface area contributed by atoms with Gasteiger partial charge in [-0.05, 0) is 31.5 Å². The molecule has 0 bridgehead atoms. The van der Waals surface area contributed by atoms with Crippen molar-refractivity contribution in [3.05, 3.63) is 71.2 Å². The second kappa shape index (κ2) is 7.62. The number of nitrogens with zero attached hydrogens (tertiary/aromatic N) is 3. The zero-order valence-electron chi connectivity index (χ0n) is 15.0.